The average molecular weight is 329 g/mol. The highest BCUT2D eigenvalue weighted by Crippen LogP contribution is 2.13. The van der Waals surface area contributed by atoms with Gasteiger partial charge >= 0.3 is 8.56 Å². The van der Waals surface area contributed by atoms with Gasteiger partial charge in [-0.05, 0) is 25.1 Å². The van der Waals surface area contributed by atoms with E-state index in [0.29, 0.717) is 0 Å². The number of rotatable bonds is 16. The van der Waals surface area contributed by atoms with Crippen LogP contribution in [0.25, 0.3) is 0 Å². The van der Waals surface area contributed by atoms with Crippen LogP contribution in [0.2, 0.25) is 6.55 Å². The first kappa shape index (κ1) is 21.9. The standard InChI is InChI=1S/C19H40O2Si/c1-5-6-7-8-9-10-11-12-13-14-15-16-17-18-19-22(4,20-2)21-3/h18-19H,5-17H2,1-4H3. The minimum Gasteiger partial charge on any atom is -0.395 e. The molecule has 0 spiro atoms. The Morgan fingerprint density at radius 3 is 1.50 bits per heavy atom. The van der Waals surface area contributed by atoms with Gasteiger partial charge < -0.3 is 8.85 Å². The van der Waals surface area contributed by atoms with Crippen molar-refractivity contribution in [3.63, 3.8) is 0 Å². The van der Waals surface area contributed by atoms with Crippen molar-refractivity contribution >= 4 is 8.56 Å². The van der Waals surface area contributed by atoms with Crippen LogP contribution in [0.1, 0.15) is 90.4 Å². The Bertz CT molecular complexity index is 250. The predicted molar refractivity (Wildman–Crippen MR) is 100 cm³/mol. The Morgan fingerprint density at radius 2 is 1.09 bits per heavy atom. The zero-order valence-corrected chi connectivity index (χ0v) is 16.7. The van der Waals surface area contributed by atoms with Crippen molar-refractivity contribution in [2.45, 2.75) is 96.9 Å². The normalized spacial score (nSPS) is 12.4. The molecule has 0 unspecified atom stereocenters. The Kier molecular flexibility index (Phi) is 15.7. The fourth-order valence-corrected chi connectivity index (χ4v) is 3.65. The molecular formula is C19H40O2Si. The molecule has 0 amide bonds. The zero-order valence-electron chi connectivity index (χ0n) is 15.7. The maximum atomic E-state index is 5.43. The fourth-order valence-electron chi connectivity index (χ4n) is 2.62. The van der Waals surface area contributed by atoms with E-state index in [9.17, 15) is 0 Å². The van der Waals surface area contributed by atoms with Gasteiger partial charge in [0.25, 0.3) is 0 Å². The Morgan fingerprint density at radius 1 is 0.682 bits per heavy atom. The molecule has 132 valence electrons. The van der Waals surface area contributed by atoms with Crippen molar-refractivity contribution in [1.82, 2.24) is 0 Å². The van der Waals surface area contributed by atoms with Crippen LogP contribution < -0.4 is 0 Å². The summed E-state index contributed by atoms with van der Waals surface area (Å²) in [5.41, 5.74) is 2.16. The maximum absolute atomic E-state index is 5.43. The van der Waals surface area contributed by atoms with Crippen molar-refractivity contribution in [3.8, 4) is 0 Å². The molecule has 0 N–H and O–H groups in total. The molecule has 0 aromatic heterocycles. The topological polar surface area (TPSA) is 18.5 Å². The molecule has 3 heteroatoms. The summed E-state index contributed by atoms with van der Waals surface area (Å²) in [7, 11) is 1.50. The minimum absolute atomic E-state index is 1.16. The second-order valence-corrected chi connectivity index (χ2v) is 9.69. The predicted octanol–water partition coefficient (Wildman–Crippen LogP) is 6.54. The number of allylic oxidation sites excluding steroid dienone is 1. The first-order valence-corrected chi connectivity index (χ1v) is 11.9. The highest BCUT2D eigenvalue weighted by molar-refractivity contribution is 6.71. The van der Waals surface area contributed by atoms with Crippen LogP contribution in [0.4, 0.5) is 0 Å². The molecule has 0 heterocycles. The van der Waals surface area contributed by atoms with E-state index in [1.165, 1.54) is 77.0 Å². The third-order valence-corrected chi connectivity index (χ3v) is 6.92. The molecule has 0 radical (unpaired) electrons. The molecule has 0 aliphatic rings. The van der Waals surface area contributed by atoms with E-state index in [4.69, 9.17) is 8.85 Å². The molecular weight excluding hydrogens is 288 g/mol. The SMILES string of the molecule is CCCCCCCCCCCCCCC=C[Si](C)(OC)OC. The Hall–Kier alpha value is -0.123. The molecule has 2 nitrogen and oxygen atoms in total. The first-order valence-electron chi connectivity index (χ1n) is 9.46. The number of hydrogen-bond donors (Lipinski definition) is 0. The van der Waals surface area contributed by atoms with E-state index in [0.717, 1.165) is 6.42 Å². The fraction of sp³-hybridized carbons (Fsp3) is 0.895. The molecule has 0 fully saturated rings. The van der Waals surface area contributed by atoms with Crippen LogP contribution in [-0.4, -0.2) is 22.8 Å². The van der Waals surface area contributed by atoms with Crippen LogP contribution in [0.5, 0.6) is 0 Å². The summed E-state index contributed by atoms with van der Waals surface area (Å²) in [6, 6.07) is 0. The van der Waals surface area contributed by atoms with Crippen LogP contribution in [-0.2, 0) is 8.85 Å². The second kappa shape index (κ2) is 15.8. The second-order valence-electron chi connectivity index (χ2n) is 6.50. The highest BCUT2D eigenvalue weighted by Gasteiger charge is 2.23. The quantitative estimate of drug-likeness (QED) is 0.236. The van der Waals surface area contributed by atoms with E-state index >= 15 is 0 Å². The summed E-state index contributed by atoms with van der Waals surface area (Å²) < 4.78 is 10.9. The first-order chi connectivity index (χ1) is 10.7. The molecule has 0 rings (SSSR count). The molecule has 0 atom stereocenters. The maximum Gasteiger partial charge on any atom is 0.360 e. The van der Waals surface area contributed by atoms with Gasteiger partial charge in [-0.3, -0.25) is 0 Å². The molecule has 0 aliphatic carbocycles. The van der Waals surface area contributed by atoms with Gasteiger partial charge in [0.1, 0.15) is 0 Å². The lowest BCUT2D eigenvalue weighted by molar-refractivity contribution is 0.264. The van der Waals surface area contributed by atoms with Crippen LogP contribution >= 0.6 is 0 Å². The third-order valence-electron chi connectivity index (χ3n) is 4.46. The summed E-state index contributed by atoms with van der Waals surface area (Å²) in [5.74, 6) is 0. The minimum atomic E-state index is -1.98. The van der Waals surface area contributed by atoms with E-state index in [1.807, 2.05) is 0 Å². The molecule has 0 aromatic rings. The van der Waals surface area contributed by atoms with Crippen LogP contribution in [0.3, 0.4) is 0 Å². The van der Waals surface area contributed by atoms with Gasteiger partial charge in [-0.25, -0.2) is 0 Å². The van der Waals surface area contributed by atoms with Gasteiger partial charge in [-0.15, -0.1) is 0 Å². The van der Waals surface area contributed by atoms with Gasteiger partial charge in [0.15, 0.2) is 0 Å². The molecule has 0 aromatic carbocycles. The molecule has 0 aliphatic heterocycles. The number of hydrogen-bond acceptors (Lipinski definition) is 2. The lowest BCUT2D eigenvalue weighted by Gasteiger charge is -2.17. The largest absolute Gasteiger partial charge is 0.395 e. The van der Waals surface area contributed by atoms with Crippen LogP contribution in [0.15, 0.2) is 11.8 Å². The summed E-state index contributed by atoms with van der Waals surface area (Å²) in [6.45, 7) is 4.36. The lowest BCUT2D eigenvalue weighted by atomic mass is 10.0. The van der Waals surface area contributed by atoms with Crippen molar-refractivity contribution in [1.29, 1.82) is 0 Å². The monoisotopic (exact) mass is 328 g/mol. The smallest absolute Gasteiger partial charge is 0.360 e. The van der Waals surface area contributed by atoms with Crippen molar-refractivity contribution < 1.29 is 8.85 Å². The third kappa shape index (κ3) is 13.5. The van der Waals surface area contributed by atoms with Crippen molar-refractivity contribution in [2.24, 2.45) is 0 Å². The highest BCUT2D eigenvalue weighted by atomic mass is 28.4. The average Bonchev–Trinajstić information content (AvgIpc) is 2.55. The van der Waals surface area contributed by atoms with Crippen LogP contribution in [0, 0.1) is 0 Å². The summed E-state index contributed by atoms with van der Waals surface area (Å²) in [4.78, 5) is 0. The summed E-state index contributed by atoms with van der Waals surface area (Å²) in [5, 5.41) is 0. The van der Waals surface area contributed by atoms with Gasteiger partial charge in [0.2, 0.25) is 0 Å². The Balaban J connectivity index is 3.25. The number of unbranched alkanes of at least 4 members (excludes halogenated alkanes) is 12. The van der Waals surface area contributed by atoms with Crippen molar-refractivity contribution in [2.75, 3.05) is 14.2 Å². The van der Waals surface area contributed by atoms with Gasteiger partial charge in [-0.2, -0.15) is 0 Å². The molecule has 22 heavy (non-hydrogen) atoms. The van der Waals surface area contributed by atoms with E-state index in [-0.39, 0.29) is 0 Å². The molecule has 0 saturated carbocycles. The molecule has 0 saturated heterocycles. The zero-order chi connectivity index (χ0) is 16.5. The van der Waals surface area contributed by atoms with E-state index in [1.54, 1.807) is 14.2 Å². The van der Waals surface area contributed by atoms with Crippen molar-refractivity contribution in [3.05, 3.63) is 11.8 Å². The summed E-state index contributed by atoms with van der Waals surface area (Å²) >= 11 is 0. The Labute approximate surface area is 140 Å². The van der Waals surface area contributed by atoms with Gasteiger partial charge in [0.05, 0.1) is 0 Å². The van der Waals surface area contributed by atoms with Gasteiger partial charge in [-0.1, -0.05) is 83.6 Å². The lowest BCUT2D eigenvalue weighted by Crippen LogP contribution is -2.33. The van der Waals surface area contributed by atoms with Gasteiger partial charge in [0, 0.05) is 14.2 Å². The molecule has 0 bridgehead atoms. The van der Waals surface area contributed by atoms with E-state index in [2.05, 4.69) is 25.2 Å². The van der Waals surface area contributed by atoms with E-state index < -0.39 is 8.56 Å². The summed E-state index contributed by atoms with van der Waals surface area (Å²) in [6.07, 6.45) is 20.3.